The minimum Gasteiger partial charge on any atom is -0.370 e. The van der Waals surface area contributed by atoms with Gasteiger partial charge in [0.15, 0.2) is 5.96 Å². The Labute approximate surface area is 124 Å². The minimum absolute atomic E-state index is 0.263. The number of nitrogens with zero attached hydrogens (tertiary/aromatic N) is 2. The topological polar surface area (TPSA) is 73.4 Å². The number of nitrogens with one attached hydrogen (secondary N) is 1. The molecule has 0 fully saturated rings. The molecule has 6 heteroatoms. The standard InChI is InChI=1S/C14H21ClN4O/c1-4-10-8-7-9-11(15)12(10)18(5-2)14(20)19(6-3)13(16)17/h7-9H,4-6H2,1-3H3,(H3,16,17). The van der Waals surface area contributed by atoms with Gasteiger partial charge in [-0.25, -0.2) is 4.79 Å². The average molecular weight is 297 g/mol. The van der Waals surface area contributed by atoms with E-state index in [2.05, 4.69) is 0 Å². The van der Waals surface area contributed by atoms with Crippen molar-refractivity contribution in [2.24, 2.45) is 5.73 Å². The minimum atomic E-state index is -0.328. The van der Waals surface area contributed by atoms with Crippen LogP contribution < -0.4 is 10.6 Å². The molecule has 0 heterocycles. The summed E-state index contributed by atoms with van der Waals surface area (Å²) in [6, 6.07) is 5.24. The van der Waals surface area contributed by atoms with E-state index in [0.717, 1.165) is 12.0 Å². The number of carbonyl (C=O) groups excluding carboxylic acids is 1. The molecular weight excluding hydrogens is 276 g/mol. The number of urea groups is 1. The van der Waals surface area contributed by atoms with E-state index in [1.807, 2.05) is 26.0 Å². The molecule has 1 aromatic rings. The van der Waals surface area contributed by atoms with Crippen molar-refractivity contribution in [2.75, 3.05) is 18.0 Å². The van der Waals surface area contributed by atoms with Gasteiger partial charge in [0.2, 0.25) is 0 Å². The van der Waals surface area contributed by atoms with Gasteiger partial charge in [-0.2, -0.15) is 0 Å². The molecule has 0 atom stereocenters. The number of guanidine groups is 1. The zero-order chi connectivity index (χ0) is 15.3. The number of anilines is 1. The van der Waals surface area contributed by atoms with Crippen LogP contribution in [0.5, 0.6) is 0 Å². The summed E-state index contributed by atoms with van der Waals surface area (Å²) in [5.41, 5.74) is 7.15. The maximum Gasteiger partial charge on any atom is 0.331 e. The lowest BCUT2D eigenvalue weighted by Crippen LogP contribution is -2.49. The lowest BCUT2D eigenvalue weighted by atomic mass is 10.1. The molecule has 0 saturated carbocycles. The van der Waals surface area contributed by atoms with Gasteiger partial charge in [-0.05, 0) is 31.9 Å². The van der Waals surface area contributed by atoms with Crippen LogP contribution in [0.4, 0.5) is 10.5 Å². The zero-order valence-electron chi connectivity index (χ0n) is 12.1. The molecular formula is C14H21ClN4O. The van der Waals surface area contributed by atoms with E-state index in [-0.39, 0.29) is 12.0 Å². The van der Waals surface area contributed by atoms with Crippen molar-refractivity contribution in [3.05, 3.63) is 28.8 Å². The van der Waals surface area contributed by atoms with Crippen molar-refractivity contribution in [3.8, 4) is 0 Å². The first kappa shape index (κ1) is 16.3. The highest BCUT2D eigenvalue weighted by Gasteiger charge is 2.25. The maximum atomic E-state index is 12.5. The Kier molecular flexibility index (Phi) is 5.82. The van der Waals surface area contributed by atoms with Crippen LogP contribution in [-0.2, 0) is 6.42 Å². The summed E-state index contributed by atoms with van der Waals surface area (Å²) in [6.07, 6.45) is 0.770. The highest BCUT2D eigenvalue weighted by atomic mass is 35.5. The van der Waals surface area contributed by atoms with E-state index in [0.29, 0.717) is 23.8 Å². The lowest BCUT2D eigenvalue weighted by molar-refractivity contribution is 0.228. The highest BCUT2D eigenvalue weighted by molar-refractivity contribution is 6.34. The van der Waals surface area contributed by atoms with Gasteiger partial charge in [-0.15, -0.1) is 0 Å². The van der Waals surface area contributed by atoms with Crippen molar-refractivity contribution in [2.45, 2.75) is 27.2 Å². The fraction of sp³-hybridized carbons (Fsp3) is 0.429. The molecule has 5 nitrogen and oxygen atoms in total. The van der Waals surface area contributed by atoms with E-state index in [1.165, 1.54) is 4.90 Å². The van der Waals surface area contributed by atoms with Gasteiger partial charge in [-0.3, -0.25) is 15.2 Å². The Bertz CT molecular complexity index is 504. The van der Waals surface area contributed by atoms with Crippen LogP contribution in [0.2, 0.25) is 5.02 Å². The molecule has 0 aliphatic rings. The smallest absolute Gasteiger partial charge is 0.331 e. The van der Waals surface area contributed by atoms with Gasteiger partial charge in [0.25, 0.3) is 0 Å². The van der Waals surface area contributed by atoms with E-state index >= 15 is 0 Å². The third-order valence-electron chi connectivity index (χ3n) is 3.11. The van der Waals surface area contributed by atoms with E-state index in [4.69, 9.17) is 22.7 Å². The fourth-order valence-electron chi connectivity index (χ4n) is 2.09. The number of hydrogen-bond acceptors (Lipinski definition) is 2. The molecule has 3 N–H and O–H groups in total. The third kappa shape index (κ3) is 3.22. The first-order valence-corrected chi connectivity index (χ1v) is 7.06. The van der Waals surface area contributed by atoms with Crippen molar-refractivity contribution in [1.82, 2.24) is 4.90 Å². The van der Waals surface area contributed by atoms with Crippen LogP contribution in [0.15, 0.2) is 18.2 Å². The zero-order valence-corrected chi connectivity index (χ0v) is 12.9. The predicted molar refractivity (Wildman–Crippen MR) is 83.5 cm³/mol. The van der Waals surface area contributed by atoms with E-state index < -0.39 is 0 Å². The Morgan fingerprint density at radius 2 is 1.95 bits per heavy atom. The summed E-state index contributed by atoms with van der Waals surface area (Å²) in [4.78, 5) is 15.3. The van der Waals surface area contributed by atoms with Crippen LogP contribution in [0.1, 0.15) is 26.3 Å². The normalized spacial score (nSPS) is 10.2. The summed E-state index contributed by atoms with van der Waals surface area (Å²) in [6.45, 7) is 6.46. The second kappa shape index (κ2) is 7.14. The Morgan fingerprint density at radius 1 is 1.30 bits per heavy atom. The van der Waals surface area contributed by atoms with Gasteiger partial charge in [0, 0.05) is 13.1 Å². The maximum absolute atomic E-state index is 12.5. The molecule has 0 spiro atoms. The number of nitrogens with two attached hydrogens (primary N) is 1. The molecule has 0 bridgehead atoms. The number of benzene rings is 1. The third-order valence-corrected chi connectivity index (χ3v) is 3.41. The molecule has 0 saturated heterocycles. The molecule has 0 aliphatic carbocycles. The Hall–Kier alpha value is -1.75. The van der Waals surface area contributed by atoms with Gasteiger partial charge >= 0.3 is 6.03 Å². The molecule has 2 amide bonds. The first-order chi connectivity index (χ1) is 9.47. The molecule has 0 aromatic heterocycles. The molecule has 1 aromatic carbocycles. The van der Waals surface area contributed by atoms with Crippen molar-refractivity contribution >= 4 is 29.3 Å². The number of carbonyl (C=O) groups is 1. The molecule has 0 aliphatic heterocycles. The summed E-state index contributed by atoms with van der Waals surface area (Å²) in [5, 5.41) is 8.02. The number of amides is 2. The summed E-state index contributed by atoms with van der Waals surface area (Å²) in [5.74, 6) is -0.263. The van der Waals surface area contributed by atoms with Crippen LogP contribution in [0, 0.1) is 5.41 Å². The number of para-hydroxylation sites is 1. The first-order valence-electron chi connectivity index (χ1n) is 6.68. The number of rotatable bonds is 4. The van der Waals surface area contributed by atoms with Gasteiger partial charge < -0.3 is 5.73 Å². The molecule has 110 valence electrons. The predicted octanol–water partition coefficient (Wildman–Crippen LogP) is 3.06. The van der Waals surface area contributed by atoms with Gasteiger partial charge in [0.1, 0.15) is 0 Å². The van der Waals surface area contributed by atoms with Crippen LogP contribution >= 0.6 is 11.6 Å². The van der Waals surface area contributed by atoms with Crippen LogP contribution in [0.25, 0.3) is 0 Å². The summed E-state index contributed by atoms with van der Waals surface area (Å²) in [7, 11) is 0. The Morgan fingerprint density at radius 3 is 2.40 bits per heavy atom. The average Bonchev–Trinajstić information content (AvgIpc) is 2.41. The molecule has 0 unspecified atom stereocenters. The highest BCUT2D eigenvalue weighted by Crippen LogP contribution is 2.31. The second-order valence-electron chi connectivity index (χ2n) is 4.26. The van der Waals surface area contributed by atoms with Crippen molar-refractivity contribution in [3.63, 3.8) is 0 Å². The number of aryl methyl sites for hydroxylation is 1. The van der Waals surface area contributed by atoms with Gasteiger partial charge in [0.05, 0.1) is 10.7 Å². The van der Waals surface area contributed by atoms with Crippen molar-refractivity contribution in [1.29, 1.82) is 5.41 Å². The van der Waals surface area contributed by atoms with Gasteiger partial charge in [-0.1, -0.05) is 30.7 Å². The summed E-state index contributed by atoms with van der Waals surface area (Å²) >= 11 is 6.26. The fourth-order valence-corrected chi connectivity index (χ4v) is 2.39. The van der Waals surface area contributed by atoms with E-state index in [1.54, 1.807) is 17.9 Å². The number of hydrogen-bond donors (Lipinski definition) is 2. The SMILES string of the molecule is CCc1cccc(Cl)c1N(CC)C(=O)N(CC)C(=N)N. The monoisotopic (exact) mass is 296 g/mol. The summed E-state index contributed by atoms with van der Waals surface area (Å²) < 4.78 is 0. The van der Waals surface area contributed by atoms with Crippen LogP contribution in [-0.4, -0.2) is 30.0 Å². The largest absolute Gasteiger partial charge is 0.370 e. The quantitative estimate of drug-likeness (QED) is 0.662. The van der Waals surface area contributed by atoms with Crippen LogP contribution in [0.3, 0.4) is 0 Å². The molecule has 0 radical (unpaired) electrons. The number of halogens is 1. The molecule has 1 rings (SSSR count). The lowest BCUT2D eigenvalue weighted by Gasteiger charge is -2.30. The Balaban J connectivity index is 3.26. The second-order valence-corrected chi connectivity index (χ2v) is 4.66. The molecule has 20 heavy (non-hydrogen) atoms. The van der Waals surface area contributed by atoms with E-state index in [9.17, 15) is 4.79 Å². The van der Waals surface area contributed by atoms with Crippen molar-refractivity contribution < 1.29 is 4.79 Å².